The molecule has 2 amide bonds. The molecule has 0 radical (unpaired) electrons. The van der Waals surface area contributed by atoms with Gasteiger partial charge in [-0.05, 0) is 42.8 Å². The number of urea groups is 1. The Bertz CT molecular complexity index is 1360. The van der Waals surface area contributed by atoms with Crippen LogP contribution in [-0.2, 0) is 6.18 Å². The van der Waals surface area contributed by atoms with Crippen LogP contribution < -0.4 is 15.5 Å². The summed E-state index contributed by atoms with van der Waals surface area (Å²) in [6.07, 6.45) is -0.886. The van der Waals surface area contributed by atoms with E-state index >= 15 is 0 Å². The number of carbonyl (C=O) groups excluding carboxylic acids is 1. The van der Waals surface area contributed by atoms with Gasteiger partial charge in [-0.3, -0.25) is 4.90 Å². The third-order valence-corrected chi connectivity index (χ3v) is 5.57. The summed E-state index contributed by atoms with van der Waals surface area (Å²) in [6.45, 7) is 1.01. The largest absolute Gasteiger partial charge is 0.444 e. The first kappa shape index (κ1) is 22.5. The van der Waals surface area contributed by atoms with Crippen molar-refractivity contribution in [3.8, 4) is 22.6 Å². The molecule has 0 fully saturated rings. The van der Waals surface area contributed by atoms with Gasteiger partial charge in [0.15, 0.2) is 18.0 Å². The molecule has 0 atom stereocenters. The molecule has 0 spiro atoms. The number of nitrogens with one attached hydrogen (secondary N) is 2. The average molecular weight is 479 g/mol. The van der Waals surface area contributed by atoms with Crippen LogP contribution in [0, 0.1) is 0 Å². The number of anilines is 3. The Morgan fingerprint density at radius 1 is 1.06 bits per heavy atom. The lowest BCUT2D eigenvalue weighted by molar-refractivity contribution is -0.137. The molecule has 2 N–H and O–H groups in total. The number of hydrogen-bond acceptors (Lipinski definition) is 5. The van der Waals surface area contributed by atoms with Gasteiger partial charge in [0.1, 0.15) is 0 Å². The van der Waals surface area contributed by atoms with Crippen molar-refractivity contribution in [2.45, 2.75) is 12.6 Å². The fraction of sp³-hybridized carbons (Fsp3) is 0.160. The highest BCUT2D eigenvalue weighted by molar-refractivity contribution is 6.03. The van der Waals surface area contributed by atoms with Crippen molar-refractivity contribution in [1.82, 2.24) is 9.97 Å². The molecule has 3 heterocycles. The summed E-state index contributed by atoms with van der Waals surface area (Å²) in [5.41, 5.74) is 1.82. The number of rotatable bonds is 3. The van der Waals surface area contributed by atoms with Crippen molar-refractivity contribution in [3.05, 3.63) is 78.8 Å². The standard InChI is InChI=1S/C25H20F3N5O2/c26-25(27,28)18-6-1-4-16(12-18)20-8-9-21-23(32-20)33(11-3-10-30-21)24(34)31-19-7-2-5-17(13-19)22-14-29-15-35-22/h1-2,4-9,12-15,30H,3,10-11H2,(H,31,34). The van der Waals surface area contributed by atoms with Gasteiger partial charge in [-0.2, -0.15) is 13.2 Å². The molecule has 0 saturated heterocycles. The minimum Gasteiger partial charge on any atom is -0.444 e. The van der Waals surface area contributed by atoms with E-state index in [1.807, 2.05) is 6.07 Å². The van der Waals surface area contributed by atoms with Crippen molar-refractivity contribution in [1.29, 1.82) is 0 Å². The molecule has 0 aliphatic carbocycles. The Hall–Kier alpha value is -4.34. The van der Waals surface area contributed by atoms with Crippen LogP contribution in [0.1, 0.15) is 12.0 Å². The fourth-order valence-corrected chi connectivity index (χ4v) is 3.87. The first-order valence-corrected chi connectivity index (χ1v) is 10.9. The van der Waals surface area contributed by atoms with Crippen molar-refractivity contribution in [2.75, 3.05) is 28.6 Å². The van der Waals surface area contributed by atoms with Gasteiger partial charge in [-0.25, -0.2) is 14.8 Å². The molecule has 10 heteroatoms. The molecule has 2 aromatic carbocycles. The molecule has 7 nitrogen and oxygen atoms in total. The number of amides is 2. The lowest BCUT2D eigenvalue weighted by atomic mass is 10.1. The topological polar surface area (TPSA) is 83.3 Å². The maximum Gasteiger partial charge on any atom is 0.416 e. The van der Waals surface area contributed by atoms with Gasteiger partial charge in [0.05, 0.1) is 23.1 Å². The molecule has 2 aromatic heterocycles. The summed E-state index contributed by atoms with van der Waals surface area (Å²) in [4.78, 5) is 23.3. The fourth-order valence-electron chi connectivity index (χ4n) is 3.87. The van der Waals surface area contributed by atoms with Crippen LogP contribution in [0.2, 0.25) is 0 Å². The Balaban J connectivity index is 1.45. The lowest BCUT2D eigenvalue weighted by Gasteiger charge is -2.22. The molecular formula is C25H20F3N5O2. The summed E-state index contributed by atoms with van der Waals surface area (Å²) in [7, 11) is 0. The molecule has 178 valence electrons. The zero-order valence-electron chi connectivity index (χ0n) is 18.3. The van der Waals surface area contributed by atoms with Crippen LogP contribution in [0.15, 0.2) is 77.7 Å². The highest BCUT2D eigenvalue weighted by Crippen LogP contribution is 2.34. The van der Waals surface area contributed by atoms with Crippen molar-refractivity contribution in [3.63, 3.8) is 0 Å². The second kappa shape index (κ2) is 9.13. The van der Waals surface area contributed by atoms with E-state index in [-0.39, 0.29) is 0 Å². The van der Waals surface area contributed by atoms with Crippen LogP contribution in [-0.4, -0.2) is 29.1 Å². The Morgan fingerprint density at radius 2 is 1.89 bits per heavy atom. The predicted molar refractivity (Wildman–Crippen MR) is 126 cm³/mol. The maximum atomic E-state index is 13.3. The van der Waals surface area contributed by atoms with E-state index in [0.29, 0.717) is 53.7 Å². The number of fused-ring (bicyclic) bond motifs is 1. The summed E-state index contributed by atoms with van der Waals surface area (Å²) in [6, 6.07) is 15.1. The molecule has 0 saturated carbocycles. The lowest BCUT2D eigenvalue weighted by Crippen LogP contribution is -2.36. The van der Waals surface area contributed by atoms with E-state index in [1.54, 1.807) is 42.6 Å². The molecular weight excluding hydrogens is 459 g/mol. The molecule has 0 unspecified atom stereocenters. The molecule has 1 aliphatic heterocycles. The van der Waals surface area contributed by atoms with Crippen LogP contribution >= 0.6 is 0 Å². The quantitative estimate of drug-likeness (QED) is 0.362. The van der Waals surface area contributed by atoms with Crippen molar-refractivity contribution < 1.29 is 22.4 Å². The normalized spacial score (nSPS) is 13.5. The maximum absolute atomic E-state index is 13.3. The van der Waals surface area contributed by atoms with Gasteiger partial charge in [-0.15, -0.1) is 0 Å². The van der Waals surface area contributed by atoms with Gasteiger partial charge < -0.3 is 15.1 Å². The number of carbonyl (C=O) groups is 1. The third kappa shape index (κ3) is 4.81. The Labute approximate surface area is 198 Å². The summed E-state index contributed by atoms with van der Waals surface area (Å²) in [5, 5.41) is 6.11. The summed E-state index contributed by atoms with van der Waals surface area (Å²) in [5.74, 6) is 0.916. The zero-order chi connectivity index (χ0) is 24.4. The number of hydrogen-bond donors (Lipinski definition) is 2. The van der Waals surface area contributed by atoms with E-state index in [0.717, 1.165) is 17.7 Å². The highest BCUT2D eigenvalue weighted by atomic mass is 19.4. The molecule has 35 heavy (non-hydrogen) atoms. The van der Waals surface area contributed by atoms with Crippen LogP contribution in [0.5, 0.6) is 0 Å². The third-order valence-electron chi connectivity index (χ3n) is 5.57. The number of nitrogens with zero attached hydrogens (tertiary/aromatic N) is 3. The number of oxazole rings is 1. The minimum absolute atomic E-state index is 0.312. The van der Waals surface area contributed by atoms with E-state index in [9.17, 15) is 18.0 Å². The summed E-state index contributed by atoms with van der Waals surface area (Å²) >= 11 is 0. The second-order valence-corrected chi connectivity index (χ2v) is 7.95. The highest BCUT2D eigenvalue weighted by Gasteiger charge is 2.31. The monoisotopic (exact) mass is 479 g/mol. The Morgan fingerprint density at radius 3 is 2.69 bits per heavy atom. The molecule has 1 aliphatic rings. The average Bonchev–Trinajstić information content (AvgIpc) is 3.31. The summed E-state index contributed by atoms with van der Waals surface area (Å²) < 4.78 is 44.9. The van der Waals surface area contributed by atoms with E-state index in [1.165, 1.54) is 17.4 Å². The van der Waals surface area contributed by atoms with Gasteiger partial charge in [0.2, 0.25) is 0 Å². The van der Waals surface area contributed by atoms with Crippen LogP contribution in [0.25, 0.3) is 22.6 Å². The van der Waals surface area contributed by atoms with Crippen molar-refractivity contribution >= 4 is 23.2 Å². The SMILES string of the molecule is O=C(Nc1cccc(-c2cnco2)c1)N1CCCNc2ccc(-c3cccc(C(F)(F)F)c3)nc21. The van der Waals surface area contributed by atoms with Gasteiger partial charge in [-0.1, -0.05) is 24.3 Å². The number of benzene rings is 2. The predicted octanol–water partition coefficient (Wildman–Crippen LogP) is 6.28. The van der Waals surface area contributed by atoms with Gasteiger partial charge in [0, 0.05) is 29.9 Å². The number of alkyl halides is 3. The molecule has 0 bridgehead atoms. The molecule has 5 rings (SSSR count). The minimum atomic E-state index is -4.46. The van der Waals surface area contributed by atoms with E-state index in [4.69, 9.17) is 4.42 Å². The van der Waals surface area contributed by atoms with Crippen molar-refractivity contribution in [2.24, 2.45) is 0 Å². The first-order chi connectivity index (χ1) is 16.9. The van der Waals surface area contributed by atoms with E-state index in [2.05, 4.69) is 20.6 Å². The number of pyridine rings is 1. The zero-order valence-corrected chi connectivity index (χ0v) is 18.3. The first-order valence-electron chi connectivity index (χ1n) is 10.9. The Kier molecular flexibility index (Phi) is 5.86. The smallest absolute Gasteiger partial charge is 0.416 e. The van der Waals surface area contributed by atoms with Crippen LogP contribution in [0.3, 0.4) is 0 Å². The van der Waals surface area contributed by atoms with Crippen LogP contribution in [0.4, 0.5) is 35.2 Å². The molecule has 4 aromatic rings. The van der Waals surface area contributed by atoms with Gasteiger partial charge >= 0.3 is 12.2 Å². The second-order valence-electron chi connectivity index (χ2n) is 7.95. The van der Waals surface area contributed by atoms with Gasteiger partial charge in [0.25, 0.3) is 0 Å². The van der Waals surface area contributed by atoms with E-state index < -0.39 is 17.8 Å². The number of aromatic nitrogens is 2. The number of halogens is 3.